The van der Waals surface area contributed by atoms with Crippen LogP contribution in [0.1, 0.15) is 30.1 Å². The van der Waals surface area contributed by atoms with Crippen molar-refractivity contribution < 1.29 is 4.52 Å². The highest BCUT2D eigenvalue weighted by Crippen LogP contribution is 2.16. The van der Waals surface area contributed by atoms with E-state index in [4.69, 9.17) is 4.52 Å². The first kappa shape index (κ1) is 16.1. The van der Waals surface area contributed by atoms with Crippen LogP contribution in [0.4, 0.5) is 0 Å². The molecule has 1 atom stereocenters. The standard InChI is InChI=1S/C18H26N4O/c1-15-19-18(20-23-15)14-21(2)17-10-12-22(13-17)11-6-9-16-7-4-3-5-8-16/h3-5,7-8,17H,6,9-14H2,1-2H3/t17-/m1/s1. The molecule has 5 heteroatoms. The smallest absolute Gasteiger partial charge is 0.223 e. The molecule has 0 N–H and O–H groups in total. The van der Waals surface area contributed by atoms with Crippen LogP contribution in [0.5, 0.6) is 0 Å². The van der Waals surface area contributed by atoms with Crippen molar-refractivity contribution in [2.45, 2.75) is 38.8 Å². The van der Waals surface area contributed by atoms with Gasteiger partial charge in [0, 0.05) is 19.5 Å². The van der Waals surface area contributed by atoms with Gasteiger partial charge in [0.15, 0.2) is 5.82 Å². The average Bonchev–Trinajstić information content (AvgIpc) is 3.18. The van der Waals surface area contributed by atoms with E-state index in [-0.39, 0.29) is 0 Å². The van der Waals surface area contributed by atoms with E-state index in [9.17, 15) is 0 Å². The summed E-state index contributed by atoms with van der Waals surface area (Å²) in [6, 6.07) is 11.3. The van der Waals surface area contributed by atoms with Crippen LogP contribution in [-0.2, 0) is 13.0 Å². The zero-order valence-corrected chi connectivity index (χ0v) is 14.1. The first-order valence-corrected chi connectivity index (χ1v) is 8.46. The number of hydrogen-bond donors (Lipinski definition) is 0. The maximum absolute atomic E-state index is 5.05. The third kappa shape index (κ3) is 4.62. The Balaban J connectivity index is 1.39. The van der Waals surface area contributed by atoms with Crippen LogP contribution >= 0.6 is 0 Å². The largest absolute Gasteiger partial charge is 0.340 e. The number of aromatic nitrogens is 2. The summed E-state index contributed by atoms with van der Waals surface area (Å²) in [7, 11) is 2.16. The lowest BCUT2D eigenvalue weighted by atomic mass is 10.1. The van der Waals surface area contributed by atoms with E-state index < -0.39 is 0 Å². The number of hydrogen-bond acceptors (Lipinski definition) is 5. The molecular weight excluding hydrogens is 288 g/mol. The Bertz CT molecular complexity index is 598. The van der Waals surface area contributed by atoms with Gasteiger partial charge in [-0.1, -0.05) is 35.5 Å². The van der Waals surface area contributed by atoms with Gasteiger partial charge in [-0.05, 0) is 45.0 Å². The lowest BCUT2D eigenvalue weighted by Gasteiger charge is -2.23. The second-order valence-electron chi connectivity index (χ2n) is 6.48. The van der Waals surface area contributed by atoms with E-state index in [1.807, 2.05) is 6.92 Å². The van der Waals surface area contributed by atoms with E-state index >= 15 is 0 Å². The average molecular weight is 314 g/mol. The maximum atomic E-state index is 5.05. The predicted octanol–water partition coefficient (Wildman–Crippen LogP) is 2.52. The van der Waals surface area contributed by atoms with Gasteiger partial charge >= 0.3 is 0 Å². The van der Waals surface area contributed by atoms with Crippen molar-refractivity contribution in [1.82, 2.24) is 19.9 Å². The highest BCUT2D eigenvalue weighted by molar-refractivity contribution is 5.14. The molecule has 0 bridgehead atoms. The van der Waals surface area contributed by atoms with Crippen molar-refractivity contribution in [2.75, 3.05) is 26.7 Å². The molecule has 0 aliphatic carbocycles. The third-order valence-corrected chi connectivity index (χ3v) is 4.61. The molecule has 1 aliphatic rings. The molecule has 2 heterocycles. The molecule has 1 aromatic carbocycles. The number of benzene rings is 1. The third-order valence-electron chi connectivity index (χ3n) is 4.61. The Kier molecular flexibility index (Phi) is 5.41. The van der Waals surface area contributed by atoms with Crippen LogP contribution < -0.4 is 0 Å². The summed E-state index contributed by atoms with van der Waals surface area (Å²) in [5.74, 6) is 1.43. The Hall–Kier alpha value is -1.72. The number of aryl methyl sites for hydroxylation is 2. The van der Waals surface area contributed by atoms with Crippen molar-refractivity contribution in [1.29, 1.82) is 0 Å². The van der Waals surface area contributed by atoms with Gasteiger partial charge in [-0.2, -0.15) is 4.98 Å². The van der Waals surface area contributed by atoms with Gasteiger partial charge in [-0.15, -0.1) is 0 Å². The molecule has 1 aromatic heterocycles. The van der Waals surface area contributed by atoms with Crippen LogP contribution in [0.3, 0.4) is 0 Å². The highest BCUT2D eigenvalue weighted by Gasteiger charge is 2.26. The van der Waals surface area contributed by atoms with E-state index in [2.05, 4.69) is 57.3 Å². The lowest BCUT2D eigenvalue weighted by molar-refractivity contribution is 0.217. The summed E-state index contributed by atoms with van der Waals surface area (Å²) in [5, 5.41) is 3.99. The fourth-order valence-electron chi connectivity index (χ4n) is 3.28. The van der Waals surface area contributed by atoms with Gasteiger partial charge < -0.3 is 9.42 Å². The molecule has 0 unspecified atom stereocenters. The minimum atomic E-state index is 0.588. The predicted molar refractivity (Wildman–Crippen MR) is 90.1 cm³/mol. The number of likely N-dealkylation sites (N-methyl/N-ethyl adjacent to an activating group) is 1. The van der Waals surface area contributed by atoms with Gasteiger partial charge in [0.25, 0.3) is 0 Å². The molecule has 0 radical (unpaired) electrons. The number of rotatable bonds is 7. The van der Waals surface area contributed by atoms with Crippen molar-refractivity contribution in [3.8, 4) is 0 Å². The van der Waals surface area contributed by atoms with E-state index in [0.717, 1.165) is 18.9 Å². The maximum Gasteiger partial charge on any atom is 0.223 e. The molecule has 0 amide bonds. The van der Waals surface area contributed by atoms with Gasteiger partial charge in [0.2, 0.25) is 5.89 Å². The quantitative estimate of drug-likeness (QED) is 0.786. The van der Waals surface area contributed by atoms with E-state index in [1.165, 1.54) is 37.9 Å². The molecular formula is C18H26N4O. The van der Waals surface area contributed by atoms with Crippen molar-refractivity contribution in [2.24, 2.45) is 0 Å². The summed E-state index contributed by atoms with van der Waals surface area (Å²) in [5.41, 5.74) is 1.44. The first-order valence-electron chi connectivity index (χ1n) is 8.46. The van der Waals surface area contributed by atoms with Crippen molar-refractivity contribution in [3.63, 3.8) is 0 Å². The van der Waals surface area contributed by atoms with Crippen LogP contribution in [-0.4, -0.2) is 52.7 Å². The molecule has 1 fully saturated rings. The Morgan fingerprint density at radius 2 is 2.13 bits per heavy atom. The second-order valence-corrected chi connectivity index (χ2v) is 6.48. The summed E-state index contributed by atoms with van der Waals surface area (Å²) in [6.07, 6.45) is 3.61. The molecule has 1 saturated heterocycles. The zero-order chi connectivity index (χ0) is 16.1. The van der Waals surface area contributed by atoms with Crippen LogP contribution in [0.2, 0.25) is 0 Å². The number of nitrogens with zero attached hydrogens (tertiary/aromatic N) is 4. The monoisotopic (exact) mass is 314 g/mol. The van der Waals surface area contributed by atoms with Gasteiger partial charge in [0.1, 0.15) is 0 Å². The Morgan fingerprint density at radius 3 is 2.87 bits per heavy atom. The normalized spacial score (nSPS) is 18.8. The minimum absolute atomic E-state index is 0.588. The summed E-state index contributed by atoms with van der Waals surface area (Å²) in [6.45, 7) is 6.11. The molecule has 5 nitrogen and oxygen atoms in total. The van der Waals surface area contributed by atoms with Gasteiger partial charge in [-0.3, -0.25) is 4.90 Å². The minimum Gasteiger partial charge on any atom is -0.340 e. The molecule has 23 heavy (non-hydrogen) atoms. The first-order chi connectivity index (χ1) is 11.2. The molecule has 3 rings (SSSR count). The lowest BCUT2D eigenvalue weighted by Crippen LogP contribution is -2.34. The Morgan fingerprint density at radius 1 is 1.30 bits per heavy atom. The molecule has 124 valence electrons. The fourth-order valence-corrected chi connectivity index (χ4v) is 3.28. The summed E-state index contributed by atoms with van der Waals surface area (Å²) >= 11 is 0. The van der Waals surface area contributed by atoms with Crippen molar-refractivity contribution in [3.05, 3.63) is 47.6 Å². The van der Waals surface area contributed by atoms with Crippen LogP contribution in [0.15, 0.2) is 34.9 Å². The SMILES string of the molecule is Cc1nc(CN(C)[C@@H]2CCN(CCCc3ccccc3)C2)no1. The zero-order valence-electron chi connectivity index (χ0n) is 14.1. The van der Waals surface area contributed by atoms with E-state index in [1.54, 1.807) is 0 Å². The molecule has 2 aromatic rings. The second kappa shape index (κ2) is 7.70. The van der Waals surface area contributed by atoms with Crippen LogP contribution in [0.25, 0.3) is 0 Å². The van der Waals surface area contributed by atoms with Crippen LogP contribution in [0, 0.1) is 6.92 Å². The molecule has 1 aliphatic heterocycles. The summed E-state index contributed by atoms with van der Waals surface area (Å²) in [4.78, 5) is 9.21. The topological polar surface area (TPSA) is 45.4 Å². The Labute approximate surface area is 138 Å². The summed E-state index contributed by atoms with van der Waals surface area (Å²) < 4.78 is 5.05. The molecule has 0 spiro atoms. The van der Waals surface area contributed by atoms with Crippen molar-refractivity contribution >= 4 is 0 Å². The highest BCUT2D eigenvalue weighted by atomic mass is 16.5. The molecule has 0 saturated carbocycles. The van der Waals surface area contributed by atoms with Gasteiger partial charge in [0.05, 0.1) is 6.54 Å². The van der Waals surface area contributed by atoms with E-state index in [0.29, 0.717) is 11.9 Å². The fraction of sp³-hybridized carbons (Fsp3) is 0.556. The van der Waals surface area contributed by atoms with Gasteiger partial charge in [-0.25, -0.2) is 0 Å². The number of likely N-dealkylation sites (tertiary alicyclic amines) is 1.